The normalized spacial score (nSPS) is 12.2. The van der Waals surface area contributed by atoms with Gasteiger partial charge < -0.3 is 11.1 Å². The fraction of sp³-hybridized carbons (Fsp3) is 0.286. The number of halogens is 1. The molecule has 0 saturated heterocycles. The Morgan fingerprint density at radius 3 is 2.58 bits per heavy atom. The van der Waals surface area contributed by atoms with Crippen LogP contribution in [-0.4, -0.2) is 9.97 Å². The quantitative estimate of drug-likeness (QED) is 0.898. The van der Waals surface area contributed by atoms with E-state index in [4.69, 9.17) is 17.3 Å². The monoisotopic (exact) mass is 276 g/mol. The lowest BCUT2D eigenvalue weighted by atomic mass is 10.1. The van der Waals surface area contributed by atoms with Crippen molar-refractivity contribution in [3.63, 3.8) is 0 Å². The van der Waals surface area contributed by atoms with Crippen LogP contribution < -0.4 is 11.1 Å². The molecule has 2 aromatic rings. The molecule has 100 valence electrons. The Bertz CT molecular complexity index is 554. The summed E-state index contributed by atoms with van der Waals surface area (Å²) in [7, 11) is 0. The van der Waals surface area contributed by atoms with Crippen molar-refractivity contribution in [3.8, 4) is 0 Å². The molecule has 3 N–H and O–H groups in total. The van der Waals surface area contributed by atoms with E-state index in [2.05, 4.69) is 22.2 Å². The number of anilines is 2. The van der Waals surface area contributed by atoms with Gasteiger partial charge in [-0.05, 0) is 24.6 Å². The lowest BCUT2D eigenvalue weighted by Crippen LogP contribution is -2.10. The third kappa shape index (κ3) is 3.58. The predicted molar refractivity (Wildman–Crippen MR) is 79.3 cm³/mol. The minimum absolute atomic E-state index is 0.122. The summed E-state index contributed by atoms with van der Waals surface area (Å²) in [5.41, 5.74) is 6.90. The summed E-state index contributed by atoms with van der Waals surface area (Å²) in [5, 5.41) is 4.05. The molecule has 0 amide bonds. The van der Waals surface area contributed by atoms with Crippen molar-refractivity contribution in [3.05, 3.63) is 46.7 Å². The van der Waals surface area contributed by atoms with Gasteiger partial charge in [0.1, 0.15) is 17.5 Å². The van der Waals surface area contributed by atoms with Crippen molar-refractivity contribution < 1.29 is 0 Å². The van der Waals surface area contributed by atoms with Gasteiger partial charge in [-0.15, -0.1) is 0 Å². The smallest absolute Gasteiger partial charge is 0.132 e. The van der Waals surface area contributed by atoms with Gasteiger partial charge in [-0.1, -0.05) is 30.7 Å². The van der Waals surface area contributed by atoms with Crippen LogP contribution in [0.4, 0.5) is 11.6 Å². The topological polar surface area (TPSA) is 63.8 Å². The number of aryl methyl sites for hydroxylation is 1. The highest BCUT2D eigenvalue weighted by molar-refractivity contribution is 6.30. The first-order chi connectivity index (χ1) is 9.08. The average molecular weight is 277 g/mol. The number of nitrogens with one attached hydrogen (secondary N) is 1. The number of benzene rings is 1. The summed E-state index contributed by atoms with van der Waals surface area (Å²) in [4.78, 5) is 8.56. The predicted octanol–water partition coefficient (Wildman–Crippen LogP) is 3.45. The molecule has 0 saturated carbocycles. The molecule has 1 aromatic heterocycles. The zero-order valence-electron chi connectivity index (χ0n) is 11.0. The van der Waals surface area contributed by atoms with Gasteiger partial charge in [-0.3, -0.25) is 0 Å². The molecular weight excluding hydrogens is 260 g/mol. The second-order valence-corrected chi connectivity index (χ2v) is 4.80. The van der Waals surface area contributed by atoms with E-state index in [-0.39, 0.29) is 6.04 Å². The summed E-state index contributed by atoms with van der Waals surface area (Å²) in [6.07, 6.45) is 0.759. The maximum Gasteiger partial charge on any atom is 0.132 e. The van der Waals surface area contributed by atoms with Gasteiger partial charge in [0.25, 0.3) is 0 Å². The molecule has 0 aliphatic heterocycles. The van der Waals surface area contributed by atoms with Crippen LogP contribution >= 0.6 is 11.6 Å². The van der Waals surface area contributed by atoms with Gasteiger partial charge in [0.15, 0.2) is 0 Å². The number of nitrogen functional groups attached to an aromatic ring is 1. The highest BCUT2D eigenvalue weighted by atomic mass is 35.5. The van der Waals surface area contributed by atoms with E-state index in [1.54, 1.807) is 6.07 Å². The first kappa shape index (κ1) is 13.6. The Morgan fingerprint density at radius 1 is 1.26 bits per heavy atom. The summed E-state index contributed by atoms with van der Waals surface area (Å²) >= 11 is 5.88. The van der Waals surface area contributed by atoms with Crippen LogP contribution in [0.15, 0.2) is 30.3 Å². The lowest BCUT2D eigenvalue weighted by molar-refractivity contribution is 0.858. The average Bonchev–Trinajstić information content (AvgIpc) is 2.38. The standard InChI is InChI=1S/C14H17ClN4/c1-3-13-18-12(16)8-14(19-13)17-9(2)10-4-6-11(15)7-5-10/h4-9H,3H2,1-2H3,(H3,16,17,18,19). The molecule has 1 heterocycles. The Kier molecular flexibility index (Phi) is 4.22. The molecule has 1 aromatic carbocycles. The summed E-state index contributed by atoms with van der Waals surface area (Å²) in [5.74, 6) is 1.97. The maximum absolute atomic E-state index is 5.88. The summed E-state index contributed by atoms with van der Waals surface area (Å²) in [6, 6.07) is 9.60. The van der Waals surface area contributed by atoms with E-state index in [0.29, 0.717) is 5.82 Å². The second kappa shape index (κ2) is 5.89. The van der Waals surface area contributed by atoms with E-state index in [1.165, 1.54) is 0 Å². The first-order valence-corrected chi connectivity index (χ1v) is 6.61. The Morgan fingerprint density at radius 2 is 1.95 bits per heavy atom. The zero-order chi connectivity index (χ0) is 13.8. The fourth-order valence-corrected chi connectivity index (χ4v) is 1.93. The third-order valence-electron chi connectivity index (χ3n) is 2.84. The van der Waals surface area contributed by atoms with E-state index in [1.807, 2.05) is 31.2 Å². The number of nitrogens with two attached hydrogens (primary N) is 1. The van der Waals surface area contributed by atoms with Crippen molar-refractivity contribution in [1.82, 2.24) is 9.97 Å². The molecule has 0 aliphatic carbocycles. The van der Waals surface area contributed by atoms with Gasteiger partial charge in [-0.2, -0.15) is 0 Å². The summed E-state index contributed by atoms with van der Waals surface area (Å²) < 4.78 is 0. The molecule has 0 bridgehead atoms. The van der Waals surface area contributed by atoms with Crippen LogP contribution in [0.3, 0.4) is 0 Å². The molecule has 0 radical (unpaired) electrons. The molecule has 1 unspecified atom stereocenters. The molecule has 0 spiro atoms. The van der Waals surface area contributed by atoms with Gasteiger partial charge >= 0.3 is 0 Å². The lowest BCUT2D eigenvalue weighted by Gasteiger charge is -2.15. The summed E-state index contributed by atoms with van der Waals surface area (Å²) in [6.45, 7) is 4.06. The number of hydrogen-bond donors (Lipinski definition) is 2. The van der Waals surface area contributed by atoms with Crippen LogP contribution in [0.1, 0.15) is 31.3 Å². The second-order valence-electron chi connectivity index (χ2n) is 4.37. The van der Waals surface area contributed by atoms with Crippen molar-refractivity contribution >= 4 is 23.2 Å². The molecule has 0 aliphatic rings. The molecule has 4 nitrogen and oxygen atoms in total. The van der Waals surface area contributed by atoms with E-state index in [0.717, 1.165) is 28.6 Å². The van der Waals surface area contributed by atoms with Gasteiger partial charge in [-0.25, -0.2) is 9.97 Å². The largest absolute Gasteiger partial charge is 0.384 e. The van der Waals surface area contributed by atoms with Crippen LogP contribution in [0.25, 0.3) is 0 Å². The molecule has 0 fully saturated rings. The maximum atomic E-state index is 5.88. The van der Waals surface area contributed by atoms with Crippen LogP contribution in [0.5, 0.6) is 0 Å². The SMILES string of the molecule is CCc1nc(N)cc(NC(C)c2ccc(Cl)cc2)n1. The van der Waals surface area contributed by atoms with Crippen molar-refractivity contribution in [2.45, 2.75) is 26.3 Å². The van der Waals surface area contributed by atoms with Crippen molar-refractivity contribution in [1.29, 1.82) is 0 Å². The van der Waals surface area contributed by atoms with Crippen LogP contribution in [0.2, 0.25) is 5.02 Å². The minimum atomic E-state index is 0.122. The van der Waals surface area contributed by atoms with Crippen molar-refractivity contribution in [2.24, 2.45) is 0 Å². The Labute approximate surface area is 118 Å². The molecular formula is C14H17ClN4. The number of hydrogen-bond acceptors (Lipinski definition) is 4. The number of nitrogens with zero attached hydrogens (tertiary/aromatic N) is 2. The van der Waals surface area contributed by atoms with Crippen LogP contribution in [-0.2, 0) is 6.42 Å². The zero-order valence-corrected chi connectivity index (χ0v) is 11.8. The number of rotatable bonds is 4. The van der Waals surface area contributed by atoms with E-state index >= 15 is 0 Å². The Balaban J connectivity index is 2.16. The van der Waals surface area contributed by atoms with Crippen LogP contribution in [0, 0.1) is 0 Å². The van der Waals surface area contributed by atoms with E-state index in [9.17, 15) is 0 Å². The van der Waals surface area contributed by atoms with E-state index < -0.39 is 0 Å². The molecule has 2 rings (SSSR count). The molecule has 1 atom stereocenters. The van der Waals surface area contributed by atoms with Gasteiger partial charge in [0.2, 0.25) is 0 Å². The molecule has 19 heavy (non-hydrogen) atoms. The number of aromatic nitrogens is 2. The fourth-order valence-electron chi connectivity index (χ4n) is 1.81. The minimum Gasteiger partial charge on any atom is -0.384 e. The van der Waals surface area contributed by atoms with Crippen molar-refractivity contribution in [2.75, 3.05) is 11.1 Å². The van der Waals surface area contributed by atoms with Gasteiger partial charge in [0.05, 0.1) is 0 Å². The highest BCUT2D eigenvalue weighted by Crippen LogP contribution is 2.20. The molecule has 5 heteroatoms. The third-order valence-corrected chi connectivity index (χ3v) is 3.09. The highest BCUT2D eigenvalue weighted by Gasteiger charge is 2.07. The Hall–Kier alpha value is -1.81. The van der Waals surface area contributed by atoms with Gasteiger partial charge in [0, 0.05) is 23.6 Å². The first-order valence-electron chi connectivity index (χ1n) is 6.24.